The van der Waals surface area contributed by atoms with Crippen molar-refractivity contribution in [3.8, 4) is 0 Å². The highest BCUT2D eigenvalue weighted by molar-refractivity contribution is 9.09. The first-order chi connectivity index (χ1) is 6.06. The van der Waals surface area contributed by atoms with Gasteiger partial charge in [0.2, 0.25) is 0 Å². The first kappa shape index (κ1) is 11.1. The van der Waals surface area contributed by atoms with Crippen LogP contribution >= 0.6 is 15.9 Å². The highest BCUT2D eigenvalue weighted by Crippen LogP contribution is 2.30. The molecule has 0 amide bonds. The van der Waals surface area contributed by atoms with Crippen LogP contribution in [0.4, 0.5) is 0 Å². The van der Waals surface area contributed by atoms with E-state index in [0.717, 1.165) is 0 Å². The van der Waals surface area contributed by atoms with Gasteiger partial charge in [0, 0.05) is 24.6 Å². The zero-order valence-electron chi connectivity index (χ0n) is 7.50. The number of hydrogen-bond acceptors (Lipinski definition) is 3. The molecule has 1 unspecified atom stereocenters. The molecule has 0 spiro atoms. The van der Waals surface area contributed by atoms with Gasteiger partial charge in [-0.05, 0) is 12.8 Å². The number of carbonyl (C=O) groups excluding carboxylic acids is 1. The Hall–Kier alpha value is 0.0700. The Labute approximate surface area is 86.3 Å². The lowest BCUT2D eigenvalue weighted by Gasteiger charge is -2.32. The summed E-state index contributed by atoms with van der Waals surface area (Å²) < 4.78 is 0. The van der Waals surface area contributed by atoms with Gasteiger partial charge in [-0.1, -0.05) is 15.9 Å². The predicted molar refractivity (Wildman–Crippen MR) is 52.8 cm³/mol. The molecule has 4 heteroatoms. The number of ketones is 1. The minimum absolute atomic E-state index is 0.220. The van der Waals surface area contributed by atoms with Gasteiger partial charge in [0.1, 0.15) is 5.78 Å². The molecule has 1 saturated carbocycles. The van der Waals surface area contributed by atoms with Crippen LogP contribution in [0.2, 0.25) is 0 Å². The van der Waals surface area contributed by atoms with Gasteiger partial charge in [-0.25, -0.2) is 0 Å². The van der Waals surface area contributed by atoms with E-state index in [-0.39, 0.29) is 5.78 Å². The Morgan fingerprint density at radius 2 is 2.00 bits per heavy atom. The molecular weight excluding hydrogens is 236 g/mol. The topological polar surface area (TPSA) is 57.5 Å². The molecule has 0 bridgehead atoms. The van der Waals surface area contributed by atoms with Gasteiger partial charge in [0.15, 0.2) is 0 Å². The molecule has 0 heterocycles. The molecule has 1 rings (SSSR count). The third-order valence-corrected chi connectivity index (χ3v) is 3.28. The van der Waals surface area contributed by atoms with Crippen molar-refractivity contribution in [3.63, 3.8) is 0 Å². The van der Waals surface area contributed by atoms with Crippen molar-refractivity contribution < 1.29 is 15.0 Å². The largest absolute Gasteiger partial charge is 0.392 e. The van der Waals surface area contributed by atoms with Crippen molar-refractivity contribution in [3.05, 3.63) is 0 Å². The van der Waals surface area contributed by atoms with Crippen molar-refractivity contribution in [2.75, 3.05) is 5.33 Å². The van der Waals surface area contributed by atoms with E-state index in [9.17, 15) is 15.0 Å². The summed E-state index contributed by atoms with van der Waals surface area (Å²) in [5.41, 5.74) is -0.818. The van der Waals surface area contributed by atoms with Crippen LogP contribution in [0.3, 0.4) is 0 Å². The molecule has 0 aromatic carbocycles. The summed E-state index contributed by atoms with van der Waals surface area (Å²) in [7, 11) is 0. The molecule has 1 atom stereocenters. The summed E-state index contributed by atoms with van der Waals surface area (Å²) in [4.78, 5) is 10.9. The third-order valence-electron chi connectivity index (χ3n) is 2.53. The average Bonchev–Trinajstić information content (AvgIpc) is 2.10. The van der Waals surface area contributed by atoms with E-state index in [4.69, 9.17) is 0 Å². The standard InChI is InChI=1S/C9H15BrO3/c10-6-8(12)5-9(13)3-1-7(11)2-4-9/h8,12-13H,1-6H2. The molecule has 76 valence electrons. The van der Waals surface area contributed by atoms with Crippen LogP contribution in [-0.4, -0.2) is 33.0 Å². The number of halogens is 1. The zero-order valence-corrected chi connectivity index (χ0v) is 9.09. The number of Topliss-reactive ketones (excluding diaryl/α,β-unsaturated/α-hetero) is 1. The van der Waals surface area contributed by atoms with E-state index >= 15 is 0 Å². The number of alkyl halides is 1. The first-order valence-corrected chi connectivity index (χ1v) is 5.66. The Morgan fingerprint density at radius 1 is 1.46 bits per heavy atom. The molecule has 0 aromatic heterocycles. The lowest BCUT2D eigenvalue weighted by Crippen LogP contribution is -2.38. The Bertz CT molecular complexity index is 183. The minimum atomic E-state index is -0.818. The van der Waals surface area contributed by atoms with E-state index in [2.05, 4.69) is 15.9 Å². The third kappa shape index (κ3) is 3.37. The van der Waals surface area contributed by atoms with Gasteiger partial charge in [0.25, 0.3) is 0 Å². The Kier molecular flexibility index (Phi) is 3.88. The highest BCUT2D eigenvalue weighted by atomic mass is 79.9. The zero-order chi connectivity index (χ0) is 9.90. The fraction of sp³-hybridized carbons (Fsp3) is 0.889. The van der Waals surface area contributed by atoms with E-state index < -0.39 is 11.7 Å². The van der Waals surface area contributed by atoms with Gasteiger partial charge in [-0.2, -0.15) is 0 Å². The number of aliphatic hydroxyl groups excluding tert-OH is 1. The number of rotatable bonds is 3. The van der Waals surface area contributed by atoms with Crippen LogP contribution in [0, 0.1) is 0 Å². The van der Waals surface area contributed by atoms with Crippen LogP contribution in [0.5, 0.6) is 0 Å². The summed E-state index contributed by atoms with van der Waals surface area (Å²) in [6, 6.07) is 0. The summed E-state index contributed by atoms with van der Waals surface area (Å²) in [6.07, 6.45) is 1.74. The van der Waals surface area contributed by atoms with Crippen LogP contribution in [0.15, 0.2) is 0 Å². The average molecular weight is 251 g/mol. The number of carbonyl (C=O) groups is 1. The minimum Gasteiger partial charge on any atom is -0.392 e. The molecule has 1 aliphatic carbocycles. The number of aliphatic hydroxyl groups is 2. The van der Waals surface area contributed by atoms with Gasteiger partial charge >= 0.3 is 0 Å². The van der Waals surface area contributed by atoms with Gasteiger partial charge in [-0.15, -0.1) is 0 Å². The van der Waals surface area contributed by atoms with Crippen LogP contribution < -0.4 is 0 Å². The van der Waals surface area contributed by atoms with Crippen molar-refractivity contribution in [2.24, 2.45) is 0 Å². The van der Waals surface area contributed by atoms with Crippen molar-refractivity contribution in [1.29, 1.82) is 0 Å². The molecule has 1 aliphatic rings. The SMILES string of the molecule is O=C1CCC(O)(CC(O)CBr)CC1. The smallest absolute Gasteiger partial charge is 0.133 e. The fourth-order valence-corrected chi connectivity index (χ4v) is 1.92. The van der Waals surface area contributed by atoms with Crippen LogP contribution in [0.25, 0.3) is 0 Å². The van der Waals surface area contributed by atoms with Crippen molar-refractivity contribution in [1.82, 2.24) is 0 Å². The molecule has 1 fully saturated rings. The molecule has 0 aliphatic heterocycles. The maximum absolute atomic E-state index is 10.9. The normalized spacial score (nSPS) is 24.4. The van der Waals surface area contributed by atoms with Crippen LogP contribution in [0.1, 0.15) is 32.1 Å². The lowest BCUT2D eigenvalue weighted by atomic mass is 9.81. The van der Waals surface area contributed by atoms with E-state index in [1.165, 1.54) is 0 Å². The second-order valence-corrected chi connectivity index (χ2v) is 4.42. The van der Waals surface area contributed by atoms with Crippen molar-refractivity contribution in [2.45, 2.75) is 43.8 Å². The summed E-state index contributed by atoms with van der Waals surface area (Å²) >= 11 is 3.15. The van der Waals surface area contributed by atoms with Gasteiger partial charge in [0.05, 0.1) is 11.7 Å². The molecule has 13 heavy (non-hydrogen) atoms. The predicted octanol–water partition coefficient (Wildman–Crippen LogP) is 1.01. The maximum Gasteiger partial charge on any atom is 0.133 e. The van der Waals surface area contributed by atoms with E-state index in [1.807, 2.05) is 0 Å². The summed E-state index contributed by atoms with van der Waals surface area (Å²) in [6.45, 7) is 0. The summed E-state index contributed by atoms with van der Waals surface area (Å²) in [5.74, 6) is 0.220. The quantitative estimate of drug-likeness (QED) is 0.736. The van der Waals surface area contributed by atoms with E-state index in [1.54, 1.807) is 0 Å². The molecule has 3 nitrogen and oxygen atoms in total. The summed E-state index contributed by atoms with van der Waals surface area (Å²) in [5, 5.41) is 19.8. The maximum atomic E-state index is 10.9. The van der Waals surface area contributed by atoms with Gasteiger partial charge in [-0.3, -0.25) is 4.79 Å². The number of hydrogen-bond donors (Lipinski definition) is 2. The van der Waals surface area contributed by atoms with Crippen molar-refractivity contribution >= 4 is 21.7 Å². The Morgan fingerprint density at radius 3 is 2.46 bits per heavy atom. The highest BCUT2D eigenvalue weighted by Gasteiger charge is 2.33. The first-order valence-electron chi connectivity index (χ1n) is 4.54. The molecule has 0 radical (unpaired) electrons. The van der Waals surface area contributed by atoms with Gasteiger partial charge < -0.3 is 10.2 Å². The fourth-order valence-electron chi connectivity index (χ4n) is 1.69. The molecule has 0 aromatic rings. The monoisotopic (exact) mass is 250 g/mol. The Balaban J connectivity index is 2.42. The second kappa shape index (κ2) is 4.53. The molecule has 0 saturated heterocycles. The second-order valence-electron chi connectivity index (χ2n) is 3.78. The van der Waals surface area contributed by atoms with E-state index in [0.29, 0.717) is 37.4 Å². The van der Waals surface area contributed by atoms with Crippen LogP contribution in [-0.2, 0) is 4.79 Å². The lowest BCUT2D eigenvalue weighted by molar-refractivity contribution is -0.126. The molecular formula is C9H15BrO3. The molecule has 2 N–H and O–H groups in total.